The fourth-order valence-corrected chi connectivity index (χ4v) is 6.69. The fraction of sp³-hybridized carbons (Fsp3) is 0.606. The minimum absolute atomic E-state index is 0.108. The van der Waals surface area contributed by atoms with Gasteiger partial charge in [-0.15, -0.1) is 0 Å². The van der Waals surface area contributed by atoms with Crippen molar-refractivity contribution in [3.05, 3.63) is 47.7 Å². The number of aryl methyl sites for hydroxylation is 1. The van der Waals surface area contributed by atoms with Crippen LogP contribution in [0.15, 0.2) is 30.6 Å². The third-order valence-electron chi connectivity index (χ3n) is 8.67. The van der Waals surface area contributed by atoms with Gasteiger partial charge in [-0.25, -0.2) is 19.7 Å². The number of methoxy groups -OCH3 is 1. The summed E-state index contributed by atoms with van der Waals surface area (Å²) in [6.07, 6.45) is 15.4. The molecule has 0 radical (unpaired) electrons. The smallest absolute Gasteiger partial charge is 0.270 e. The summed E-state index contributed by atoms with van der Waals surface area (Å²) in [7, 11) is 1.01. The van der Waals surface area contributed by atoms with Gasteiger partial charge in [-0.2, -0.15) is 10.2 Å². The molecule has 246 valence electrons. The van der Waals surface area contributed by atoms with Gasteiger partial charge in [0.25, 0.3) is 5.91 Å². The normalized spacial score (nSPS) is 16.2. The van der Waals surface area contributed by atoms with E-state index < -0.39 is 16.1 Å². The topological polar surface area (TPSA) is 125 Å². The van der Waals surface area contributed by atoms with Crippen LogP contribution in [0.1, 0.15) is 54.5 Å². The van der Waals surface area contributed by atoms with Gasteiger partial charge in [0.05, 0.1) is 25.5 Å². The Balaban J connectivity index is 1.29. The van der Waals surface area contributed by atoms with Crippen LogP contribution in [0, 0.1) is 24.7 Å². The average molecular weight is 640 g/mol. The van der Waals surface area contributed by atoms with Crippen LogP contribution in [0.4, 0.5) is 5.82 Å². The van der Waals surface area contributed by atoms with E-state index in [0.717, 1.165) is 60.4 Å². The van der Waals surface area contributed by atoms with Gasteiger partial charge in [0.2, 0.25) is 5.91 Å². The van der Waals surface area contributed by atoms with Gasteiger partial charge in [0.15, 0.2) is 0 Å². The van der Waals surface area contributed by atoms with Crippen molar-refractivity contribution >= 4 is 27.7 Å². The minimum atomic E-state index is -0.656. The molecule has 0 aromatic carbocycles. The molecule has 0 aliphatic heterocycles. The number of aromatic nitrogens is 5. The van der Waals surface area contributed by atoms with Crippen molar-refractivity contribution in [1.82, 2.24) is 29.9 Å². The second kappa shape index (κ2) is 14.5. The Labute approximate surface area is 268 Å². The summed E-state index contributed by atoms with van der Waals surface area (Å²) in [5.74, 6) is 1.99. The number of amides is 2. The van der Waals surface area contributed by atoms with Crippen LogP contribution in [0.2, 0.25) is 0 Å². The van der Waals surface area contributed by atoms with Gasteiger partial charge in [0.1, 0.15) is 24.3 Å². The second-order valence-electron chi connectivity index (χ2n) is 13.1. The Kier molecular flexibility index (Phi) is 10.7. The van der Waals surface area contributed by atoms with Crippen LogP contribution >= 0.6 is 10.0 Å². The maximum atomic E-state index is 13.8. The first kappa shape index (κ1) is 33.2. The number of nitrogens with zero attached hydrogens (tertiary/aromatic N) is 5. The Bertz CT molecular complexity index is 1440. The second-order valence-corrected chi connectivity index (χ2v) is 17.7. The van der Waals surface area contributed by atoms with Crippen LogP contribution in [-0.2, 0) is 34.0 Å². The van der Waals surface area contributed by atoms with Crippen LogP contribution in [0.25, 0.3) is 11.1 Å². The summed E-state index contributed by atoms with van der Waals surface area (Å²) in [6.45, 7) is 6.15. The van der Waals surface area contributed by atoms with E-state index in [2.05, 4.69) is 46.4 Å². The van der Waals surface area contributed by atoms with Gasteiger partial charge in [0, 0.05) is 42.1 Å². The van der Waals surface area contributed by atoms with Crippen molar-refractivity contribution in [3.8, 4) is 11.1 Å². The number of ether oxygens (including phenoxy) is 2. The lowest BCUT2D eigenvalue weighted by molar-refractivity contribution is -0.119. The molecule has 12 heteroatoms. The van der Waals surface area contributed by atoms with Crippen molar-refractivity contribution in [2.75, 3.05) is 50.2 Å². The largest absolute Gasteiger partial charge is 0.383 e. The summed E-state index contributed by atoms with van der Waals surface area (Å²) in [5.41, 5.74) is 4.42. The van der Waals surface area contributed by atoms with Gasteiger partial charge >= 0.3 is 0 Å². The van der Waals surface area contributed by atoms with E-state index in [1.165, 1.54) is 0 Å². The van der Waals surface area contributed by atoms with E-state index in [0.29, 0.717) is 49.8 Å². The van der Waals surface area contributed by atoms with E-state index in [1.54, 1.807) is 30.3 Å². The average Bonchev–Trinajstić information content (AvgIpc) is 3.94. The molecule has 45 heavy (non-hydrogen) atoms. The zero-order chi connectivity index (χ0) is 32.1. The molecule has 2 aliphatic carbocycles. The fourth-order valence-electron chi connectivity index (χ4n) is 6.08. The maximum Gasteiger partial charge on any atom is 0.270 e. The molecule has 11 nitrogen and oxygen atoms in total. The molecule has 5 rings (SSSR count). The van der Waals surface area contributed by atoms with Gasteiger partial charge in [-0.05, 0) is 93.7 Å². The molecule has 3 aromatic rings. The SMILES string of the molecule is CCc1c(-c2ccc(NC(=O)C(NC(=O)c3ccnn3CCOC)C(C3CC3)C3CC3)nc2)c(C)nn1COCCS(C)(C)C. The van der Waals surface area contributed by atoms with Crippen LogP contribution in [0.3, 0.4) is 0 Å². The minimum Gasteiger partial charge on any atom is -0.383 e. The van der Waals surface area contributed by atoms with E-state index in [9.17, 15) is 9.59 Å². The molecule has 0 spiro atoms. The van der Waals surface area contributed by atoms with E-state index >= 15 is 0 Å². The third-order valence-corrected chi connectivity index (χ3v) is 10.1. The van der Waals surface area contributed by atoms with Crippen molar-refractivity contribution in [2.45, 2.75) is 65.3 Å². The van der Waals surface area contributed by atoms with Gasteiger partial charge < -0.3 is 20.1 Å². The molecule has 2 aliphatic rings. The van der Waals surface area contributed by atoms with Crippen LogP contribution in [-0.4, -0.2) is 87.2 Å². The molecule has 3 heterocycles. The summed E-state index contributed by atoms with van der Waals surface area (Å²) in [4.78, 5) is 31.9. The number of hydrogen-bond acceptors (Lipinski definition) is 7. The predicted octanol–water partition coefficient (Wildman–Crippen LogP) is 4.50. The van der Waals surface area contributed by atoms with Crippen LogP contribution in [0.5, 0.6) is 0 Å². The summed E-state index contributed by atoms with van der Waals surface area (Å²) in [5, 5.41) is 15.1. The van der Waals surface area contributed by atoms with Crippen molar-refractivity contribution < 1.29 is 19.1 Å². The van der Waals surface area contributed by atoms with E-state index in [-0.39, 0.29) is 17.7 Å². The Hall–Kier alpha value is -3.22. The lowest BCUT2D eigenvalue weighted by Crippen LogP contribution is -2.50. The highest BCUT2D eigenvalue weighted by Crippen LogP contribution is 2.51. The molecule has 2 fully saturated rings. The van der Waals surface area contributed by atoms with Gasteiger partial charge in [-0.1, -0.05) is 6.92 Å². The number of carbonyl (C=O) groups excluding carboxylic acids is 2. The molecular formula is C33H49N7O4S. The molecule has 1 atom stereocenters. The quantitative estimate of drug-likeness (QED) is 0.208. The number of hydrogen-bond donors (Lipinski definition) is 2. The highest BCUT2D eigenvalue weighted by molar-refractivity contribution is 8.32. The van der Waals surface area contributed by atoms with Crippen molar-refractivity contribution in [2.24, 2.45) is 17.8 Å². The third kappa shape index (κ3) is 8.53. The molecular weight excluding hydrogens is 590 g/mol. The first-order chi connectivity index (χ1) is 21.6. The van der Waals surface area contributed by atoms with Crippen LogP contribution < -0.4 is 10.6 Å². The predicted molar refractivity (Wildman–Crippen MR) is 179 cm³/mol. The highest BCUT2D eigenvalue weighted by Gasteiger charge is 2.48. The van der Waals surface area contributed by atoms with Gasteiger partial charge in [-0.3, -0.25) is 14.3 Å². The highest BCUT2D eigenvalue weighted by atomic mass is 32.3. The summed E-state index contributed by atoms with van der Waals surface area (Å²) in [6, 6.07) is 4.82. The molecule has 3 aromatic heterocycles. The lowest BCUT2D eigenvalue weighted by atomic mass is 9.88. The zero-order valence-corrected chi connectivity index (χ0v) is 28.4. The monoisotopic (exact) mass is 639 g/mol. The number of anilines is 1. The van der Waals surface area contributed by atoms with Crippen molar-refractivity contribution in [3.63, 3.8) is 0 Å². The number of nitrogens with one attached hydrogen (secondary N) is 2. The standard InChI is InChI=1S/C33H49N7O4S/c1-7-26-29(22(2)38-40(26)21-44-18-19-45(4,5)6)25-12-13-28(34-20-25)36-33(42)31(30(23-8-9-23)24-10-11-24)37-32(41)27-14-15-35-39(27)16-17-43-3/h12-15,20,23-24,30-31H,7-11,16-19,21H2,1-6H3,(H,37,41)(H,34,36,42). The van der Waals surface area contributed by atoms with E-state index in [1.807, 2.05) is 23.7 Å². The molecule has 0 saturated heterocycles. The first-order valence-corrected chi connectivity index (χ1v) is 19.0. The number of pyridine rings is 1. The zero-order valence-electron chi connectivity index (χ0n) is 27.5. The van der Waals surface area contributed by atoms with Crippen molar-refractivity contribution in [1.29, 1.82) is 0 Å². The molecule has 2 saturated carbocycles. The van der Waals surface area contributed by atoms with E-state index in [4.69, 9.17) is 14.6 Å². The number of carbonyl (C=O) groups is 2. The molecule has 2 amide bonds. The molecule has 2 N–H and O–H groups in total. The Morgan fingerprint density at radius 3 is 2.40 bits per heavy atom. The summed E-state index contributed by atoms with van der Waals surface area (Å²) < 4.78 is 14.7. The Morgan fingerprint density at radius 2 is 1.80 bits per heavy atom. The maximum absolute atomic E-state index is 13.8. The number of rotatable bonds is 17. The molecule has 0 bridgehead atoms. The molecule has 1 unspecified atom stereocenters. The first-order valence-electron chi connectivity index (χ1n) is 16.0. The Morgan fingerprint density at radius 1 is 1.07 bits per heavy atom. The lowest BCUT2D eigenvalue weighted by Gasteiger charge is -2.27. The summed E-state index contributed by atoms with van der Waals surface area (Å²) >= 11 is 0.